The Bertz CT molecular complexity index is 576. The fourth-order valence-electron chi connectivity index (χ4n) is 1.81. The highest BCUT2D eigenvalue weighted by Crippen LogP contribution is 2.36. The number of aromatic amines is 1. The molecule has 4 nitrogen and oxygen atoms in total. The van der Waals surface area contributed by atoms with Gasteiger partial charge in [0.1, 0.15) is 0 Å². The van der Waals surface area contributed by atoms with E-state index in [-0.39, 0.29) is 18.5 Å². The molecule has 0 saturated carbocycles. The Morgan fingerprint density at radius 2 is 2.12 bits per heavy atom. The minimum absolute atomic E-state index is 0.0264. The van der Waals surface area contributed by atoms with Gasteiger partial charge in [0, 0.05) is 23.2 Å². The Labute approximate surface area is 96.1 Å². The monoisotopic (exact) mass is 237 g/mol. The molecule has 0 amide bonds. The van der Waals surface area contributed by atoms with Crippen LogP contribution in [0, 0.1) is 0 Å². The number of Topliss-reactive ketones (excluding diaryl/α,β-unsaturated/α-hetero) is 1. The summed E-state index contributed by atoms with van der Waals surface area (Å²) >= 11 is 5.54. The van der Waals surface area contributed by atoms with Crippen LogP contribution in [0.25, 0.3) is 10.9 Å². The van der Waals surface area contributed by atoms with Gasteiger partial charge < -0.3 is 14.5 Å². The van der Waals surface area contributed by atoms with Crippen LogP contribution in [-0.4, -0.2) is 23.4 Å². The molecule has 1 aromatic heterocycles. The Morgan fingerprint density at radius 1 is 1.38 bits per heavy atom. The molecule has 1 aliphatic rings. The van der Waals surface area contributed by atoms with Gasteiger partial charge in [0.15, 0.2) is 17.3 Å². The number of hydrogen-bond acceptors (Lipinski definition) is 3. The first-order chi connectivity index (χ1) is 7.79. The summed E-state index contributed by atoms with van der Waals surface area (Å²) in [5.74, 6) is 1.23. The first-order valence-electron chi connectivity index (χ1n) is 4.79. The standard InChI is InChI=1S/C11H8ClNO3/c12-3-9(14)7-4-13-8-2-11-10(1-6(7)8)15-5-16-11/h1-2,4,13H,3,5H2. The molecule has 16 heavy (non-hydrogen) atoms. The van der Waals surface area contributed by atoms with Crippen LogP contribution in [0.5, 0.6) is 11.5 Å². The fourth-order valence-corrected chi connectivity index (χ4v) is 1.96. The van der Waals surface area contributed by atoms with Crippen LogP contribution in [0.3, 0.4) is 0 Å². The van der Waals surface area contributed by atoms with Crippen molar-refractivity contribution in [2.45, 2.75) is 0 Å². The molecule has 0 bridgehead atoms. The van der Waals surface area contributed by atoms with Gasteiger partial charge in [-0.2, -0.15) is 0 Å². The average molecular weight is 238 g/mol. The second kappa shape index (κ2) is 3.42. The summed E-state index contributed by atoms with van der Waals surface area (Å²) in [4.78, 5) is 14.6. The molecule has 2 heterocycles. The van der Waals surface area contributed by atoms with Gasteiger partial charge in [-0.3, -0.25) is 4.79 Å². The smallest absolute Gasteiger partial charge is 0.231 e. The molecule has 1 N–H and O–H groups in total. The third-order valence-corrected chi connectivity index (χ3v) is 2.84. The third-order valence-electron chi connectivity index (χ3n) is 2.60. The normalized spacial score (nSPS) is 13.3. The highest BCUT2D eigenvalue weighted by atomic mass is 35.5. The van der Waals surface area contributed by atoms with Crippen LogP contribution in [0.15, 0.2) is 18.3 Å². The highest BCUT2D eigenvalue weighted by molar-refractivity contribution is 6.32. The van der Waals surface area contributed by atoms with Crippen molar-refractivity contribution in [2.75, 3.05) is 12.7 Å². The number of ether oxygens (including phenoxy) is 2. The molecule has 0 aliphatic carbocycles. The van der Waals surface area contributed by atoms with E-state index in [0.717, 1.165) is 10.9 Å². The summed E-state index contributed by atoms with van der Waals surface area (Å²) in [6.07, 6.45) is 1.66. The third kappa shape index (κ3) is 1.27. The zero-order valence-corrected chi connectivity index (χ0v) is 9.00. The van der Waals surface area contributed by atoms with Gasteiger partial charge in [-0.25, -0.2) is 0 Å². The molecule has 0 radical (unpaired) electrons. The van der Waals surface area contributed by atoms with E-state index in [9.17, 15) is 4.79 Å². The van der Waals surface area contributed by atoms with Crippen molar-refractivity contribution in [1.82, 2.24) is 4.98 Å². The minimum atomic E-state index is -0.105. The molecule has 3 rings (SSSR count). The Balaban J connectivity index is 2.23. The number of carbonyl (C=O) groups is 1. The van der Waals surface area contributed by atoms with Crippen LogP contribution in [0.2, 0.25) is 0 Å². The lowest BCUT2D eigenvalue weighted by molar-refractivity contribution is 0.102. The number of halogens is 1. The largest absolute Gasteiger partial charge is 0.454 e. The predicted octanol–water partition coefficient (Wildman–Crippen LogP) is 2.32. The average Bonchev–Trinajstić information content (AvgIpc) is 2.90. The number of nitrogens with one attached hydrogen (secondary N) is 1. The fraction of sp³-hybridized carbons (Fsp3) is 0.182. The van der Waals surface area contributed by atoms with E-state index >= 15 is 0 Å². The van der Waals surface area contributed by atoms with Crippen molar-refractivity contribution in [1.29, 1.82) is 0 Å². The number of carbonyl (C=O) groups excluding carboxylic acids is 1. The zero-order valence-electron chi connectivity index (χ0n) is 8.25. The van der Waals surface area contributed by atoms with E-state index in [0.29, 0.717) is 17.1 Å². The van der Waals surface area contributed by atoms with Crippen molar-refractivity contribution in [3.8, 4) is 11.5 Å². The lowest BCUT2D eigenvalue weighted by Gasteiger charge is -1.98. The quantitative estimate of drug-likeness (QED) is 0.644. The van der Waals surface area contributed by atoms with Gasteiger partial charge in [0.2, 0.25) is 6.79 Å². The summed E-state index contributed by atoms with van der Waals surface area (Å²) in [7, 11) is 0. The molecule has 5 heteroatoms. The Hall–Kier alpha value is -1.68. The van der Waals surface area contributed by atoms with Crippen molar-refractivity contribution in [3.05, 3.63) is 23.9 Å². The molecule has 0 saturated heterocycles. The van der Waals surface area contributed by atoms with Crippen LogP contribution >= 0.6 is 11.6 Å². The van der Waals surface area contributed by atoms with Crippen molar-refractivity contribution >= 4 is 28.3 Å². The maximum Gasteiger partial charge on any atom is 0.231 e. The summed E-state index contributed by atoms with van der Waals surface area (Å²) in [6, 6.07) is 3.62. The Kier molecular flexibility index (Phi) is 2.04. The molecule has 1 aliphatic heterocycles. The summed E-state index contributed by atoms with van der Waals surface area (Å²) in [5.41, 5.74) is 1.43. The second-order valence-electron chi connectivity index (χ2n) is 3.51. The number of ketones is 1. The van der Waals surface area contributed by atoms with Crippen LogP contribution in [0.1, 0.15) is 10.4 Å². The minimum Gasteiger partial charge on any atom is -0.454 e. The number of H-pyrrole nitrogens is 1. The molecular weight excluding hydrogens is 230 g/mol. The van der Waals surface area contributed by atoms with E-state index in [2.05, 4.69) is 4.98 Å². The molecule has 0 spiro atoms. The highest BCUT2D eigenvalue weighted by Gasteiger charge is 2.18. The number of benzene rings is 1. The van der Waals surface area contributed by atoms with Gasteiger partial charge >= 0.3 is 0 Å². The predicted molar refractivity (Wildman–Crippen MR) is 59.5 cm³/mol. The summed E-state index contributed by atoms with van der Waals surface area (Å²) in [6.45, 7) is 0.223. The van der Waals surface area contributed by atoms with Crippen molar-refractivity contribution < 1.29 is 14.3 Å². The molecular formula is C11H8ClNO3. The molecule has 82 valence electrons. The van der Waals surface area contributed by atoms with Gasteiger partial charge in [-0.1, -0.05) is 0 Å². The Morgan fingerprint density at radius 3 is 2.88 bits per heavy atom. The first-order valence-corrected chi connectivity index (χ1v) is 5.33. The number of hydrogen-bond donors (Lipinski definition) is 1. The maximum absolute atomic E-state index is 11.6. The number of aromatic nitrogens is 1. The van der Waals surface area contributed by atoms with Crippen LogP contribution < -0.4 is 9.47 Å². The molecule has 1 aromatic carbocycles. The maximum atomic E-state index is 11.6. The van der Waals surface area contributed by atoms with Gasteiger partial charge in [-0.15, -0.1) is 11.6 Å². The van der Waals surface area contributed by atoms with Gasteiger partial charge in [0.25, 0.3) is 0 Å². The van der Waals surface area contributed by atoms with Crippen LogP contribution in [0.4, 0.5) is 0 Å². The van der Waals surface area contributed by atoms with E-state index in [1.54, 1.807) is 12.3 Å². The van der Waals surface area contributed by atoms with Gasteiger partial charge in [-0.05, 0) is 6.07 Å². The number of fused-ring (bicyclic) bond motifs is 2. The number of rotatable bonds is 2. The van der Waals surface area contributed by atoms with Crippen molar-refractivity contribution in [3.63, 3.8) is 0 Å². The van der Waals surface area contributed by atoms with E-state index < -0.39 is 0 Å². The van der Waals surface area contributed by atoms with E-state index in [1.165, 1.54) is 0 Å². The van der Waals surface area contributed by atoms with E-state index in [4.69, 9.17) is 21.1 Å². The summed E-state index contributed by atoms with van der Waals surface area (Å²) in [5, 5.41) is 0.815. The topological polar surface area (TPSA) is 51.3 Å². The molecule has 0 unspecified atom stereocenters. The van der Waals surface area contributed by atoms with Gasteiger partial charge in [0.05, 0.1) is 11.4 Å². The number of alkyl halides is 1. The lowest BCUT2D eigenvalue weighted by Crippen LogP contribution is -1.98. The SMILES string of the molecule is O=C(CCl)c1c[nH]c2cc3c(cc12)OCO3. The lowest BCUT2D eigenvalue weighted by atomic mass is 10.1. The summed E-state index contributed by atoms with van der Waals surface area (Å²) < 4.78 is 10.5. The first kappa shape index (κ1) is 9.54. The van der Waals surface area contributed by atoms with E-state index in [1.807, 2.05) is 6.07 Å². The molecule has 0 atom stereocenters. The van der Waals surface area contributed by atoms with Crippen molar-refractivity contribution in [2.24, 2.45) is 0 Å². The second-order valence-corrected chi connectivity index (χ2v) is 3.78. The molecule has 2 aromatic rings. The van der Waals surface area contributed by atoms with Crippen LogP contribution in [-0.2, 0) is 0 Å². The zero-order chi connectivity index (χ0) is 11.1. The molecule has 0 fully saturated rings.